The molecule has 0 aliphatic carbocycles. The van der Waals surface area contributed by atoms with Crippen LogP contribution in [0, 0.1) is 0 Å². The van der Waals surface area contributed by atoms with Crippen molar-refractivity contribution in [2.24, 2.45) is 0 Å². The number of anilines is 1. The van der Waals surface area contributed by atoms with Crippen LogP contribution in [0.25, 0.3) is 0 Å². The molecule has 0 aliphatic heterocycles. The molecule has 104 valence electrons. The summed E-state index contributed by atoms with van der Waals surface area (Å²) in [5.74, 6) is -1.32. The highest BCUT2D eigenvalue weighted by molar-refractivity contribution is 9.10. The lowest BCUT2D eigenvalue weighted by Crippen LogP contribution is -2.49. The Morgan fingerprint density at radius 2 is 2.05 bits per heavy atom. The Kier molecular flexibility index (Phi) is 5.59. The van der Waals surface area contributed by atoms with Crippen molar-refractivity contribution in [3.63, 3.8) is 0 Å². The van der Waals surface area contributed by atoms with Gasteiger partial charge in [-0.2, -0.15) is 0 Å². The maximum atomic E-state index is 11.6. The maximum Gasteiger partial charge on any atom is 0.328 e. The van der Waals surface area contributed by atoms with Crippen LogP contribution in [0.4, 0.5) is 10.5 Å². The third-order valence-electron chi connectivity index (χ3n) is 2.23. The Morgan fingerprint density at radius 3 is 2.58 bits per heavy atom. The van der Waals surface area contributed by atoms with E-state index in [1.54, 1.807) is 18.2 Å². The molecule has 4 N–H and O–H groups in total. The molecule has 0 bridgehead atoms. The van der Waals surface area contributed by atoms with Crippen LogP contribution in [-0.4, -0.2) is 34.4 Å². The SMILES string of the molecule is C[C@@H](O)[C@H](NC(=O)Nc1cccc(Cl)c1Br)C(=O)O. The monoisotopic (exact) mass is 350 g/mol. The molecule has 0 spiro atoms. The Morgan fingerprint density at radius 1 is 1.42 bits per heavy atom. The standard InChI is InChI=1S/C11H12BrClN2O4/c1-5(16)9(10(17)18)15-11(19)14-7-4-2-3-6(13)8(7)12/h2-5,9,16H,1H3,(H,17,18)(H2,14,15,19)/t5-,9+/m1/s1. The fourth-order valence-electron chi connectivity index (χ4n) is 1.29. The Hall–Kier alpha value is -1.31. The molecule has 8 heteroatoms. The molecule has 19 heavy (non-hydrogen) atoms. The number of aliphatic hydroxyl groups is 1. The van der Waals surface area contributed by atoms with Crippen molar-refractivity contribution in [1.29, 1.82) is 0 Å². The zero-order valence-corrected chi connectivity index (χ0v) is 12.2. The molecule has 0 radical (unpaired) electrons. The highest BCUT2D eigenvalue weighted by atomic mass is 79.9. The zero-order chi connectivity index (χ0) is 14.6. The number of hydrogen-bond donors (Lipinski definition) is 4. The van der Waals surface area contributed by atoms with E-state index in [0.717, 1.165) is 0 Å². The van der Waals surface area contributed by atoms with E-state index in [9.17, 15) is 14.7 Å². The predicted molar refractivity (Wildman–Crippen MR) is 74.4 cm³/mol. The van der Waals surface area contributed by atoms with E-state index in [1.807, 2.05) is 0 Å². The Bertz CT molecular complexity index is 496. The zero-order valence-electron chi connectivity index (χ0n) is 9.85. The van der Waals surface area contributed by atoms with Crippen LogP contribution in [0.3, 0.4) is 0 Å². The van der Waals surface area contributed by atoms with Gasteiger partial charge in [0.25, 0.3) is 0 Å². The first-order valence-corrected chi connectivity index (χ1v) is 6.42. The molecule has 6 nitrogen and oxygen atoms in total. The Labute approximate surface area is 122 Å². The minimum Gasteiger partial charge on any atom is -0.480 e. The van der Waals surface area contributed by atoms with Gasteiger partial charge in [0.05, 0.1) is 21.3 Å². The van der Waals surface area contributed by atoms with Gasteiger partial charge in [0.2, 0.25) is 0 Å². The normalized spacial score (nSPS) is 13.5. The molecular formula is C11H12BrClN2O4. The summed E-state index contributed by atoms with van der Waals surface area (Å²) >= 11 is 9.04. The van der Waals surface area contributed by atoms with Crippen molar-refractivity contribution in [3.8, 4) is 0 Å². The molecule has 0 aromatic heterocycles. The van der Waals surface area contributed by atoms with Gasteiger partial charge in [-0.1, -0.05) is 17.7 Å². The number of nitrogens with one attached hydrogen (secondary N) is 2. The summed E-state index contributed by atoms with van der Waals surface area (Å²) in [6.45, 7) is 1.27. The van der Waals surface area contributed by atoms with Crippen molar-refractivity contribution >= 4 is 45.2 Å². The largest absolute Gasteiger partial charge is 0.480 e. The molecular weight excluding hydrogens is 339 g/mol. The number of rotatable bonds is 4. The summed E-state index contributed by atoms with van der Waals surface area (Å²) in [7, 11) is 0. The van der Waals surface area contributed by atoms with Gasteiger partial charge in [0.15, 0.2) is 6.04 Å². The van der Waals surface area contributed by atoms with Crippen molar-refractivity contribution in [2.45, 2.75) is 19.1 Å². The second-order valence-electron chi connectivity index (χ2n) is 3.76. The average Bonchev–Trinajstić information content (AvgIpc) is 2.31. The first-order chi connectivity index (χ1) is 8.82. The lowest BCUT2D eigenvalue weighted by atomic mass is 10.2. The number of urea groups is 1. The lowest BCUT2D eigenvalue weighted by Gasteiger charge is -2.17. The molecule has 0 unspecified atom stereocenters. The molecule has 2 amide bonds. The number of hydrogen-bond acceptors (Lipinski definition) is 3. The molecule has 0 heterocycles. The van der Waals surface area contributed by atoms with Crippen LogP contribution in [0.2, 0.25) is 5.02 Å². The van der Waals surface area contributed by atoms with Crippen LogP contribution < -0.4 is 10.6 Å². The first kappa shape index (κ1) is 15.7. The summed E-state index contributed by atoms with van der Waals surface area (Å²) in [6.07, 6.45) is -1.22. The van der Waals surface area contributed by atoms with E-state index < -0.39 is 24.1 Å². The second kappa shape index (κ2) is 6.74. The maximum absolute atomic E-state index is 11.6. The van der Waals surface area contributed by atoms with Gasteiger partial charge in [-0.15, -0.1) is 0 Å². The molecule has 0 saturated heterocycles. The van der Waals surface area contributed by atoms with Crippen molar-refractivity contribution in [1.82, 2.24) is 5.32 Å². The number of aliphatic carboxylic acids is 1. The van der Waals surface area contributed by atoms with E-state index in [-0.39, 0.29) is 0 Å². The lowest BCUT2D eigenvalue weighted by molar-refractivity contribution is -0.141. The number of carboxylic acids is 1. The van der Waals surface area contributed by atoms with E-state index in [2.05, 4.69) is 26.6 Å². The smallest absolute Gasteiger partial charge is 0.328 e. The number of aliphatic hydroxyl groups excluding tert-OH is 1. The number of carbonyl (C=O) groups excluding carboxylic acids is 1. The number of benzene rings is 1. The quantitative estimate of drug-likeness (QED) is 0.667. The van der Waals surface area contributed by atoms with Gasteiger partial charge < -0.3 is 20.8 Å². The van der Waals surface area contributed by atoms with Crippen LogP contribution in [-0.2, 0) is 4.79 Å². The third-order valence-corrected chi connectivity index (χ3v) is 3.63. The van der Waals surface area contributed by atoms with E-state index in [0.29, 0.717) is 15.2 Å². The van der Waals surface area contributed by atoms with Crippen molar-refractivity contribution in [2.75, 3.05) is 5.32 Å². The van der Waals surface area contributed by atoms with Gasteiger partial charge in [-0.3, -0.25) is 0 Å². The Balaban J connectivity index is 2.75. The summed E-state index contributed by atoms with van der Waals surface area (Å²) in [4.78, 5) is 22.5. The van der Waals surface area contributed by atoms with E-state index in [1.165, 1.54) is 6.92 Å². The topological polar surface area (TPSA) is 98.7 Å². The van der Waals surface area contributed by atoms with Gasteiger partial charge in [0, 0.05) is 0 Å². The predicted octanol–water partition coefficient (Wildman–Crippen LogP) is 2.06. The van der Waals surface area contributed by atoms with Crippen LogP contribution in [0.1, 0.15) is 6.92 Å². The van der Waals surface area contributed by atoms with Gasteiger partial charge >= 0.3 is 12.0 Å². The molecule has 0 aliphatic rings. The van der Waals surface area contributed by atoms with Gasteiger partial charge in [-0.25, -0.2) is 9.59 Å². The minimum absolute atomic E-state index is 0.389. The van der Waals surface area contributed by atoms with E-state index in [4.69, 9.17) is 16.7 Å². The van der Waals surface area contributed by atoms with Crippen LogP contribution >= 0.6 is 27.5 Å². The fourth-order valence-corrected chi connectivity index (χ4v) is 1.83. The first-order valence-electron chi connectivity index (χ1n) is 5.25. The number of carbonyl (C=O) groups is 2. The fraction of sp³-hybridized carbons (Fsp3) is 0.273. The molecule has 1 aromatic rings. The minimum atomic E-state index is -1.39. The summed E-state index contributed by atoms with van der Waals surface area (Å²) in [5.41, 5.74) is 0.389. The molecule has 0 saturated carbocycles. The summed E-state index contributed by atoms with van der Waals surface area (Å²) < 4.78 is 0.482. The van der Waals surface area contributed by atoms with E-state index >= 15 is 0 Å². The average molecular weight is 352 g/mol. The van der Waals surface area contributed by atoms with Crippen molar-refractivity contribution < 1.29 is 19.8 Å². The van der Waals surface area contributed by atoms with Crippen molar-refractivity contribution in [3.05, 3.63) is 27.7 Å². The van der Waals surface area contributed by atoms with Gasteiger partial charge in [0.1, 0.15) is 0 Å². The highest BCUT2D eigenvalue weighted by Crippen LogP contribution is 2.29. The van der Waals surface area contributed by atoms with Crippen LogP contribution in [0.15, 0.2) is 22.7 Å². The number of amides is 2. The second-order valence-corrected chi connectivity index (χ2v) is 4.96. The van der Waals surface area contributed by atoms with Gasteiger partial charge in [-0.05, 0) is 35.0 Å². The number of carboxylic acid groups (broad SMARTS) is 1. The van der Waals surface area contributed by atoms with Crippen LogP contribution in [0.5, 0.6) is 0 Å². The molecule has 1 rings (SSSR count). The molecule has 1 aromatic carbocycles. The molecule has 0 fully saturated rings. The highest BCUT2D eigenvalue weighted by Gasteiger charge is 2.25. The number of halogens is 2. The summed E-state index contributed by atoms with van der Waals surface area (Å²) in [5, 5.41) is 23.1. The third kappa shape index (κ3) is 4.38. The summed E-state index contributed by atoms with van der Waals surface area (Å²) in [6, 6.07) is 2.71. The molecule has 2 atom stereocenters.